The zero-order valence-electron chi connectivity index (χ0n) is 12.0. The fourth-order valence-electron chi connectivity index (χ4n) is 2.66. The average molecular weight is 304 g/mol. The third-order valence-corrected chi connectivity index (χ3v) is 3.77. The summed E-state index contributed by atoms with van der Waals surface area (Å²) >= 11 is 0. The Bertz CT molecular complexity index is 1160. The molecule has 0 saturated carbocycles. The Balaban J connectivity index is 1.89. The van der Waals surface area contributed by atoms with Crippen LogP contribution in [0, 0.1) is 0 Å². The molecule has 4 rings (SSSR count). The molecular weight excluding hydrogens is 292 g/mol. The summed E-state index contributed by atoms with van der Waals surface area (Å²) in [4.78, 5) is 31.4. The van der Waals surface area contributed by atoms with E-state index in [0.29, 0.717) is 11.1 Å². The smallest absolute Gasteiger partial charge is 0.272 e. The van der Waals surface area contributed by atoms with Crippen LogP contribution in [0.2, 0.25) is 0 Å². The molecule has 4 aromatic rings. The number of H-pyrrole nitrogens is 3. The molecule has 0 radical (unpaired) electrons. The van der Waals surface area contributed by atoms with Gasteiger partial charge in [-0.05, 0) is 18.2 Å². The van der Waals surface area contributed by atoms with Gasteiger partial charge in [-0.2, -0.15) is 0 Å². The lowest BCUT2D eigenvalue weighted by molar-refractivity contribution is 0.976. The van der Waals surface area contributed by atoms with E-state index in [4.69, 9.17) is 0 Å². The minimum atomic E-state index is -0.369. The molecule has 0 saturated heterocycles. The van der Waals surface area contributed by atoms with Gasteiger partial charge < -0.3 is 4.98 Å². The Morgan fingerprint density at radius 2 is 1.65 bits per heavy atom. The predicted molar refractivity (Wildman–Crippen MR) is 90.7 cm³/mol. The summed E-state index contributed by atoms with van der Waals surface area (Å²) in [6, 6.07) is 12.9. The van der Waals surface area contributed by atoms with Crippen molar-refractivity contribution in [3.63, 3.8) is 0 Å². The first-order valence-electron chi connectivity index (χ1n) is 7.08. The molecule has 6 nitrogen and oxygen atoms in total. The molecule has 112 valence electrons. The lowest BCUT2D eigenvalue weighted by atomic mass is 10.1. The van der Waals surface area contributed by atoms with Gasteiger partial charge in [0, 0.05) is 28.9 Å². The van der Waals surface area contributed by atoms with Crippen LogP contribution in [-0.4, -0.2) is 21.4 Å². The molecule has 0 bridgehead atoms. The van der Waals surface area contributed by atoms with E-state index in [0.717, 1.165) is 16.5 Å². The van der Waals surface area contributed by atoms with Gasteiger partial charge >= 0.3 is 0 Å². The number of hydrogen-bond acceptors (Lipinski definition) is 3. The van der Waals surface area contributed by atoms with E-state index in [1.807, 2.05) is 30.5 Å². The van der Waals surface area contributed by atoms with E-state index in [1.54, 1.807) is 24.4 Å². The summed E-state index contributed by atoms with van der Waals surface area (Å²) in [6.07, 6.45) is 3.55. The number of aliphatic imine (C=N–C) groups is 1. The van der Waals surface area contributed by atoms with E-state index in [9.17, 15) is 9.59 Å². The highest BCUT2D eigenvalue weighted by Gasteiger charge is 2.07. The van der Waals surface area contributed by atoms with Crippen molar-refractivity contribution in [2.45, 2.75) is 0 Å². The number of hydrogen-bond donors (Lipinski definition) is 3. The van der Waals surface area contributed by atoms with Gasteiger partial charge in [0.1, 0.15) is 0 Å². The molecule has 0 aliphatic rings. The Morgan fingerprint density at radius 3 is 2.57 bits per heavy atom. The molecular formula is C17H12N4O2. The van der Waals surface area contributed by atoms with Gasteiger partial charge in [0.05, 0.1) is 16.5 Å². The number of aromatic nitrogens is 3. The number of nitrogens with zero attached hydrogens (tertiary/aromatic N) is 1. The van der Waals surface area contributed by atoms with Crippen LogP contribution in [0.15, 0.2) is 63.2 Å². The summed E-state index contributed by atoms with van der Waals surface area (Å²) in [5.74, 6) is 0. The van der Waals surface area contributed by atoms with Crippen LogP contribution in [-0.2, 0) is 0 Å². The van der Waals surface area contributed by atoms with Crippen molar-refractivity contribution in [3.05, 3.63) is 74.9 Å². The number of para-hydroxylation sites is 1. The summed E-state index contributed by atoms with van der Waals surface area (Å²) in [5, 5.41) is 6.30. The Labute approximate surface area is 129 Å². The summed E-state index contributed by atoms with van der Waals surface area (Å²) in [6.45, 7) is 0. The predicted octanol–water partition coefficient (Wildman–Crippen LogP) is 2.45. The second-order valence-electron chi connectivity index (χ2n) is 5.16. The first kappa shape index (κ1) is 13.3. The van der Waals surface area contributed by atoms with Gasteiger partial charge in [-0.3, -0.25) is 24.8 Å². The highest BCUT2D eigenvalue weighted by atomic mass is 16.1. The molecule has 6 heteroatoms. The van der Waals surface area contributed by atoms with Crippen LogP contribution in [0.1, 0.15) is 5.56 Å². The summed E-state index contributed by atoms with van der Waals surface area (Å²) in [5.41, 5.74) is 1.68. The van der Waals surface area contributed by atoms with Crippen LogP contribution in [0.25, 0.3) is 21.7 Å². The molecule has 0 amide bonds. The van der Waals surface area contributed by atoms with Crippen LogP contribution in [0.3, 0.4) is 0 Å². The molecule has 0 aliphatic carbocycles. The van der Waals surface area contributed by atoms with Gasteiger partial charge in [-0.1, -0.05) is 24.3 Å². The highest BCUT2D eigenvalue weighted by Crippen LogP contribution is 2.21. The second-order valence-corrected chi connectivity index (χ2v) is 5.16. The molecule has 2 aromatic heterocycles. The largest absolute Gasteiger partial charge is 0.361 e. The number of nitrogens with one attached hydrogen (secondary N) is 3. The van der Waals surface area contributed by atoms with E-state index in [-0.39, 0.29) is 16.5 Å². The van der Waals surface area contributed by atoms with Gasteiger partial charge in [0.2, 0.25) is 0 Å². The van der Waals surface area contributed by atoms with E-state index in [2.05, 4.69) is 20.2 Å². The van der Waals surface area contributed by atoms with Crippen molar-refractivity contribution in [2.24, 2.45) is 4.99 Å². The standard InChI is InChI=1S/C17H12N4O2/c22-16-12-5-3-7-14(15(12)17(23)21-20-16)19-9-10-8-18-13-6-2-1-4-11(10)13/h1-9,18H,(H,20,22)(H,21,23). The van der Waals surface area contributed by atoms with Crippen LogP contribution in [0.5, 0.6) is 0 Å². The minimum absolute atomic E-state index is 0.285. The van der Waals surface area contributed by atoms with Crippen molar-refractivity contribution >= 4 is 33.6 Å². The number of aromatic amines is 3. The Hall–Kier alpha value is -3.41. The molecule has 0 spiro atoms. The van der Waals surface area contributed by atoms with Crippen molar-refractivity contribution < 1.29 is 0 Å². The van der Waals surface area contributed by atoms with Crippen LogP contribution >= 0.6 is 0 Å². The third-order valence-electron chi connectivity index (χ3n) is 3.77. The molecule has 3 N–H and O–H groups in total. The molecule has 2 aromatic carbocycles. The number of fused-ring (bicyclic) bond motifs is 2. The zero-order chi connectivity index (χ0) is 15.8. The normalized spacial score (nSPS) is 11.7. The van der Waals surface area contributed by atoms with Crippen LogP contribution < -0.4 is 11.1 Å². The summed E-state index contributed by atoms with van der Waals surface area (Å²) in [7, 11) is 0. The lowest BCUT2D eigenvalue weighted by Crippen LogP contribution is -2.18. The zero-order valence-corrected chi connectivity index (χ0v) is 12.0. The monoisotopic (exact) mass is 304 g/mol. The second kappa shape index (κ2) is 5.10. The molecule has 2 heterocycles. The molecule has 0 fully saturated rings. The van der Waals surface area contributed by atoms with Crippen molar-refractivity contribution in [1.29, 1.82) is 0 Å². The maximum Gasteiger partial charge on any atom is 0.272 e. The SMILES string of the molecule is O=c1[nH][nH]c(=O)c2c(N=Cc3c[nH]c4ccccc34)cccc12. The first-order valence-corrected chi connectivity index (χ1v) is 7.08. The maximum atomic E-state index is 12.0. The maximum absolute atomic E-state index is 12.0. The number of benzene rings is 2. The molecule has 0 unspecified atom stereocenters. The first-order chi connectivity index (χ1) is 11.2. The molecule has 0 atom stereocenters. The van der Waals surface area contributed by atoms with Gasteiger partial charge in [0.25, 0.3) is 11.1 Å². The average Bonchev–Trinajstić information content (AvgIpc) is 2.99. The van der Waals surface area contributed by atoms with Crippen molar-refractivity contribution in [1.82, 2.24) is 15.2 Å². The molecule has 0 aliphatic heterocycles. The third kappa shape index (κ3) is 2.17. The number of rotatable bonds is 2. The van der Waals surface area contributed by atoms with Gasteiger partial charge in [-0.25, -0.2) is 0 Å². The van der Waals surface area contributed by atoms with E-state index in [1.165, 1.54) is 0 Å². The summed E-state index contributed by atoms with van der Waals surface area (Å²) < 4.78 is 0. The van der Waals surface area contributed by atoms with E-state index < -0.39 is 0 Å². The van der Waals surface area contributed by atoms with E-state index >= 15 is 0 Å². The van der Waals surface area contributed by atoms with Crippen molar-refractivity contribution in [2.75, 3.05) is 0 Å². The Morgan fingerprint density at radius 1 is 0.870 bits per heavy atom. The minimum Gasteiger partial charge on any atom is -0.361 e. The molecule has 23 heavy (non-hydrogen) atoms. The fraction of sp³-hybridized carbons (Fsp3) is 0. The fourth-order valence-corrected chi connectivity index (χ4v) is 2.66. The topological polar surface area (TPSA) is 93.9 Å². The quantitative estimate of drug-likeness (QED) is 0.496. The van der Waals surface area contributed by atoms with Gasteiger partial charge in [-0.15, -0.1) is 0 Å². The van der Waals surface area contributed by atoms with Gasteiger partial charge in [0.15, 0.2) is 0 Å². The lowest BCUT2D eigenvalue weighted by Gasteiger charge is -1.99. The Kier molecular flexibility index (Phi) is 2.94. The van der Waals surface area contributed by atoms with Crippen molar-refractivity contribution in [3.8, 4) is 0 Å². The highest BCUT2D eigenvalue weighted by molar-refractivity contribution is 6.01. The van der Waals surface area contributed by atoms with Crippen LogP contribution in [0.4, 0.5) is 5.69 Å².